The lowest BCUT2D eigenvalue weighted by Gasteiger charge is -2.18. The number of carbonyl (C=O) groups excluding carboxylic acids is 1. The van der Waals surface area contributed by atoms with E-state index >= 15 is 0 Å². The highest BCUT2D eigenvalue weighted by molar-refractivity contribution is 7.92. The molecule has 0 radical (unpaired) electrons. The lowest BCUT2D eigenvalue weighted by atomic mass is 10.1. The molecule has 0 aromatic heterocycles. The summed E-state index contributed by atoms with van der Waals surface area (Å²) in [5.74, 6) is 0.294. The van der Waals surface area contributed by atoms with E-state index in [-0.39, 0.29) is 15.7 Å². The van der Waals surface area contributed by atoms with Gasteiger partial charge in [-0.15, -0.1) is 0 Å². The highest BCUT2D eigenvalue weighted by Gasteiger charge is 2.32. The minimum absolute atomic E-state index is 0.0440. The minimum Gasteiger partial charge on any atom is -0.276 e. The predicted molar refractivity (Wildman–Crippen MR) is 87.7 cm³/mol. The Labute approximate surface area is 138 Å². The van der Waals surface area contributed by atoms with E-state index in [9.17, 15) is 17.4 Å². The standard InChI is InChI=1S/C15H19ClO4S2/c1-9-5-4-6-12(9)21(18)13-7-10(2)11(15(16)17)8-14(13)22(3,19)20/h7-9,12H,4-6H2,1-3H3. The van der Waals surface area contributed by atoms with Crippen LogP contribution in [0, 0.1) is 12.8 Å². The number of halogens is 1. The number of aryl methyl sites for hydroxylation is 1. The third-order valence-electron chi connectivity index (χ3n) is 4.18. The largest absolute Gasteiger partial charge is 0.276 e. The summed E-state index contributed by atoms with van der Waals surface area (Å²) in [6.45, 7) is 3.71. The Morgan fingerprint density at radius 2 is 1.95 bits per heavy atom. The van der Waals surface area contributed by atoms with E-state index in [0.717, 1.165) is 25.5 Å². The van der Waals surface area contributed by atoms with Crippen molar-refractivity contribution in [3.05, 3.63) is 23.3 Å². The van der Waals surface area contributed by atoms with Gasteiger partial charge < -0.3 is 0 Å². The van der Waals surface area contributed by atoms with Crippen LogP contribution >= 0.6 is 11.6 Å². The summed E-state index contributed by atoms with van der Waals surface area (Å²) in [6, 6.07) is 2.79. The Hall–Kier alpha value is -0.720. The van der Waals surface area contributed by atoms with Crippen LogP contribution in [-0.2, 0) is 20.6 Å². The molecule has 0 heterocycles. The van der Waals surface area contributed by atoms with E-state index in [1.54, 1.807) is 6.92 Å². The van der Waals surface area contributed by atoms with Crippen molar-refractivity contribution in [3.8, 4) is 0 Å². The van der Waals surface area contributed by atoms with Crippen LogP contribution in [0.2, 0.25) is 0 Å². The smallest absolute Gasteiger partial charge is 0.252 e. The molecule has 7 heteroatoms. The molecule has 0 spiro atoms. The van der Waals surface area contributed by atoms with Crippen molar-refractivity contribution < 1.29 is 17.4 Å². The average molecular weight is 363 g/mol. The van der Waals surface area contributed by atoms with Gasteiger partial charge in [0.1, 0.15) is 0 Å². The van der Waals surface area contributed by atoms with Crippen molar-refractivity contribution in [2.24, 2.45) is 5.92 Å². The molecule has 0 bridgehead atoms. The SMILES string of the molecule is Cc1cc(S(=O)C2CCCC2C)c(S(C)(=O)=O)cc1C(=O)Cl. The van der Waals surface area contributed by atoms with Gasteiger partial charge in [0, 0.05) is 17.1 Å². The molecule has 1 aromatic carbocycles. The third kappa shape index (κ3) is 3.44. The molecule has 4 nitrogen and oxygen atoms in total. The first-order valence-corrected chi connectivity index (χ1v) is 10.6. The molecule has 1 fully saturated rings. The molecule has 1 saturated carbocycles. The van der Waals surface area contributed by atoms with Crippen LogP contribution in [0.25, 0.3) is 0 Å². The van der Waals surface area contributed by atoms with Gasteiger partial charge in [-0.1, -0.05) is 13.3 Å². The van der Waals surface area contributed by atoms with Crippen LogP contribution in [0.5, 0.6) is 0 Å². The molecule has 1 aromatic rings. The van der Waals surface area contributed by atoms with Crippen LogP contribution in [0.3, 0.4) is 0 Å². The normalized spacial score (nSPS) is 23.5. The maximum atomic E-state index is 12.9. The van der Waals surface area contributed by atoms with Crippen molar-refractivity contribution in [2.75, 3.05) is 6.26 Å². The highest BCUT2D eigenvalue weighted by Crippen LogP contribution is 2.35. The number of sulfone groups is 1. The number of rotatable bonds is 4. The molecule has 2 rings (SSSR count). The Balaban J connectivity index is 2.62. The van der Waals surface area contributed by atoms with E-state index in [4.69, 9.17) is 11.6 Å². The Kier molecular flexibility index (Phi) is 5.14. The summed E-state index contributed by atoms with van der Waals surface area (Å²) in [6.07, 6.45) is 3.88. The maximum Gasteiger partial charge on any atom is 0.252 e. The lowest BCUT2D eigenvalue weighted by Crippen LogP contribution is -2.20. The zero-order chi connectivity index (χ0) is 16.7. The van der Waals surface area contributed by atoms with Gasteiger partial charge in [0.15, 0.2) is 9.84 Å². The molecule has 3 atom stereocenters. The fourth-order valence-corrected chi connectivity index (χ4v) is 6.39. The second kappa shape index (κ2) is 6.42. The van der Waals surface area contributed by atoms with Crippen LogP contribution in [0.15, 0.2) is 21.9 Å². The van der Waals surface area contributed by atoms with Crippen LogP contribution in [0.1, 0.15) is 42.1 Å². The molecule has 22 heavy (non-hydrogen) atoms. The van der Waals surface area contributed by atoms with Gasteiger partial charge in [-0.25, -0.2) is 8.42 Å². The molecule has 1 aliphatic rings. The highest BCUT2D eigenvalue weighted by atomic mass is 35.5. The van der Waals surface area contributed by atoms with Crippen molar-refractivity contribution in [3.63, 3.8) is 0 Å². The monoisotopic (exact) mass is 362 g/mol. The fraction of sp³-hybridized carbons (Fsp3) is 0.533. The summed E-state index contributed by atoms with van der Waals surface area (Å²) in [5, 5.41) is -0.758. The second-order valence-electron chi connectivity index (χ2n) is 5.90. The number of hydrogen-bond donors (Lipinski definition) is 0. The first kappa shape index (κ1) is 17.6. The average Bonchev–Trinajstić information content (AvgIpc) is 2.82. The predicted octanol–water partition coefficient (Wildman–Crippen LogP) is 3.07. The van der Waals surface area contributed by atoms with Crippen LogP contribution in [0.4, 0.5) is 0 Å². The van der Waals surface area contributed by atoms with E-state index in [0.29, 0.717) is 16.4 Å². The molecular weight excluding hydrogens is 344 g/mol. The first-order valence-electron chi connectivity index (χ1n) is 7.08. The number of hydrogen-bond acceptors (Lipinski definition) is 4. The van der Waals surface area contributed by atoms with E-state index in [1.807, 2.05) is 6.92 Å². The van der Waals surface area contributed by atoms with E-state index < -0.39 is 25.9 Å². The van der Waals surface area contributed by atoms with Crippen molar-refractivity contribution in [1.82, 2.24) is 0 Å². The summed E-state index contributed by atoms with van der Waals surface area (Å²) >= 11 is 5.50. The lowest BCUT2D eigenvalue weighted by molar-refractivity contribution is 0.108. The number of benzene rings is 1. The third-order valence-corrected chi connectivity index (χ3v) is 7.67. The fourth-order valence-electron chi connectivity index (χ4n) is 2.91. The summed E-state index contributed by atoms with van der Waals surface area (Å²) in [7, 11) is -5.01. The topological polar surface area (TPSA) is 68.3 Å². The summed E-state index contributed by atoms with van der Waals surface area (Å²) in [4.78, 5) is 11.7. The van der Waals surface area contributed by atoms with Gasteiger partial charge in [0.25, 0.3) is 5.24 Å². The van der Waals surface area contributed by atoms with Gasteiger partial charge in [0.2, 0.25) is 0 Å². The molecule has 3 unspecified atom stereocenters. The van der Waals surface area contributed by atoms with Gasteiger partial charge in [-0.2, -0.15) is 0 Å². The van der Waals surface area contributed by atoms with Gasteiger partial charge in [-0.05, 0) is 55.0 Å². The molecule has 122 valence electrons. The van der Waals surface area contributed by atoms with E-state index in [2.05, 4.69) is 0 Å². The molecular formula is C15H19ClO4S2. The minimum atomic E-state index is -3.60. The maximum absolute atomic E-state index is 12.9. The molecule has 1 aliphatic carbocycles. The second-order valence-corrected chi connectivity index (χ2v) is 9.87. The van der Waals surface area contributed by atoms with Crippen LogP contribution < -0.4 is 0 Å². The quantitative estimate of drug-likeness (QED) is 0.772. The van der Waals surface area contributed by atoms with Gasteiger partial charge in [0.05, 0.1) is 20.6 Å². The zero-order valence-corrected chi connectivity index (χ0v) is 15.1. The number of carbonyl (C=O) groups is 1. The Bertz CT molecular complexity index is 740. The van der Waals surface area contributed by atoms with Crippen molar-refractivity contribution in [2.45, 2.75) is 48.2 Å². The summed E-state index contributed by atoms with van der Waals surface area (Å²) in [5.41, 5.74) is 0.684. The van der Waals surface area contributed by atoms with Gasteiger partial charge >= 0.3 is 0 Å². The van der Waals surface area contributed by atoms with Crippen molar-refractivity contribution in [1.29, 1.82) is 0 Å². The molecule has 0 saturated heterocycles. The molecule has 0 N–H and O–H groups in total. The van der Waals surface area contributed by atoms with Crippen molar-refractivity contribution >= 4 is 37.5 Å². The van der Waals surface area contributed by atoms with Gasteiger partial charge in [-0.3, -0.25) is 9.00 Å². The molecule has 0 aliphatic heterocycles. The summed E-state index contributed by atoms with van der Waals surface area (Å²) < 4.78 is 37.0. The Morgan fingerprint density at radius 1 is 1.32 bits per heavy atom. The Morgan fingerprint density at radius 3 is 2.41 bits per heavy atom. The first-order chi connectivity index (χ1) is 10.1. The van der Waals surface area contributed by atoms with Crippen LogP contribution in [-0.4, -0.2) is 29.4 Å². The van der Waals surface area contributed by atoms with E-state index in [1.165, 1.54) is 12.1 Å². The zero-order valence-electron chi connectivity index (χ0n) is 12.8. The molecule has 0 amide bonds.